The summed E-state index contributed by atoms with van der Waals surface area (Å²) < 4.78 is 11.5. The van der Waals surface area contributed by atoms with Gasteiger partial charge in [0.25, 0.3) is 0 Å². The lowest BCUT2D eigenvalue weighted by molar-refractivity contribution is 0.136. The van der Waals surface area contributed by atoms with Crippen molar-refractivity contribution in [1.29, 1.82) is 0 Å². The van der Waals surface area contributed by atoms with E-state index in [1.165, 1.54) is 45.7 Å². The van der Waals surface area contributed by atoms with Gasteiger partial charge in [-0.25, -0.2) is 0 Å². The molecule has 182 valence electrons. The largest absolute Gasteiger partial charge is 0.490 e. The monoisotopic (exact) mass is 447 g/mol. The van der Waals surface area contributed by atoms with Crippen molar-refractivity contribution in [3.05, 3.63) is 23.8 Å². The molecule has 1 aliphatic rings. The molecule has 1 saturated heterocycles. The third-order valence-electron chi connectivity index (χ3n) is 5.83. The van der Waals surface area contributed by atoms with Crippen LogP contribution in [-0.2, 0) is 0 Å². The van der Waals surface area contributed by atoms with Gasteiger partial charge < -0.3 is 29.9 Å². The topological polar surface area (TPSA) is 61.4 Å². The summed E-state index contributed by atoms with van der Waals surface area (Å²) in [6.07, 6.45) is 2.30. The van der Waals surface area contributed by atoms with Crippen molar-refractivity contribution in [1.82, 2.24) is 20.4 Å². The lowest BCUT2D eigenvalue weighted by Crippen LogP contribution is -2.46. The molecule has 1 aromatic carbocycles. The van der Waals surface area contributed by atoms with Crippen LogP contribution in [0.3, 0.4) is 0 Å². The number of hydrogen-bond donors (Lipinski definition) is 2. The maximum absolute atomic E-state index is 5.78. The summed E-state index contributed by atoms with van der Waals surface area (Å²) >= 11 is 0. The normalized spacial score (nSPS) is 16.6. The second kappa shape index (κ2) is 15.0. The summed E-state index contributed by atoms with van der Waals surface area (Å²) in [4.78, 5) is 9.92. The smallest absolute Gasteiger partial charge is 0.191 e. The molecule has 0 aliphatic carbocycles. The van der Waals surface area contributed by atoms with Crippen molar-refractivity contribution >= 4 is 5.96 Å². The van der Waals surface area contributed by atoms with Gasteiger partial charge in [0.2, 0.25) is 0 Å². The summed E-state index contributed by atoms with van der Waals surface area (Å²) in [6, 6.07) is 6.26. The van der Waals surface area contributed by atoms with Crippen LogP contribution in [0.2, 0.25) is 0 Å². The minimum Gasteiger partial charge on any atom is -0.490 e. The van der Waals surface area contributed by atoms with Gasteiger partial charge in [0.05, 0.1) is 19.3 Å². The number of hydrogen-bond acceptors (Lipinski definition) is 5. The van der Waals surface area contributed by atoms with Crippen molar-refractivity contribution in [2.45, 2.75) is 53.5 Å². The number of aliphatic imine (C=N–C) groups is 1. The molecule has 2 N–H and O–H groups in total. The van der Waals surface area contributed by atoms with E-state index in [9.17, 15) is 0 Å². The van der Waals surface area contributed by atoms with Crippen LogP contribution in [0.4, 0.5) is 0 Å². The van der Waals surface area contributed by atoms with E-state index in [1.54, 1.807) is 0 Å². The number of nitrogens with zero attached hydrogens (tertiary/aromatic N) is 3. The molecule has 0 radical (unpaired) electrons. The van der Waals surface area contributed by atoms with E-state index in [-0.39, 0.29) is 6.04 Å². The maximum Gasteiger partial charge on any atom is 0.191 e. The number of guanidine groups is 1. The fraction of sp³-hybridized carbons (Fsp3) is 0.720. The highest BCUT2D eigenvalue weighted by Gasteiger charge is 2.15. The molecular formula is C25H45N5O2. The van der Waals surface area contributed by atoms with Crippen LogP contribution in [-0.4, -0.2) is 81.3 Å². The van der Waals surface area contributed by atoms with Gasteiger partial charge in [-0.05, 0) is 71.3 Å². The fourth-order valence-electron chi connectivity index (χ4n) is 3.91. The molecule has 2 rings (SSSR count). The maximum atomic E-state index is 5.78. The lowest BCUT2D eigenvalue weighted by Gasteiger charge is -2.33. The molecule has 0 aromatic heterocycles. The zero-order valence-corrected chi connectivity index (χ0v) is 21.0. The summed E-state index contributed by atoms with van der Waals surface area (Å²) in [7, 11) is 0. The number of unbranched alkanes of at least 4 members (excludes halogenated alkanes) is 1. The molecule has 0 amide bonds. The minimum atomic E-state index is 0.109. The molecule has 1 heterocycles. The highest BCUT2D eigenvalue weighted by molar-refractivity contribution is 5.80. The molecule has 7 nitrogen and oxygen atoms in total. The SMILES string of the molecule is CCNC(=NCCCCN1CCN(CC)CC1)NC(C)c1ccc(OCC)c(OCC)c1. The first-order chi connectivity index (χ1) is 15.6. The van der Waals surface area contributed by atoms with E-state index in [2.05, 4.69) is 53.3 Å². The van der Waals surface area contributed by atoms with Crippen molar-refractivity contribution in [2.75, 3.05) is 65.6 Å². The van der Waals surface area contributed by atoms with Gasteiger partial charge >= 0.3 is 0 Å². The van der Waals surface area contributed by atoms with Gasteiger partial charge in [0, 0.05) is 39.3 Å². The van der Waals surface area contributed by atoms with Crippen molar-refractivity contribution < 1.29 is 9.47 Å². The molecule has 0 spiro atoms. The first-order valence-corrected chi connectivity index (χ1v) is 12.5. The highest BCUT2D eigenvalue weighted by atomic mass is 16.5. The quantitative estimate of drug-likeness (QED) is 0.274. The van der Waals surface area contributed by atoms with E-state index in [1.807, 2.05) is 19.9 Å². The number of piperazine rings is 1. The first kappa shape index (κ1) is 26.3. The standard InChI is InChI=1S/C25H45N5O2/c1-6-26-25(27-14-10-11-15-30-18-16-29(7-2)17-19-30)28-21(5)22-12-13-23(31-8-3)24(20-22)32-9-4/h12-13,20-21H,6-11,14-19H2,1-5H3,(H2,26,27,28). The molecular weight excluding hydrogens is 402 g/mol. The minimum absolute atomic E-state index is 0.109. The van der Waals surface area contributed by atoms with Crippen molar-refractivity contribution in [3.8, 4) is 11.5 Å². The second-order valence-corrected chi connectivity index (χ2v) is 8.18. The molecule has 0 saturated carbocycles. The van der Waals surface area contributed by atoms with Crippen molar-refractivity contribution in [2.24, 2.45) is 4.99 Å². The van der Waals surface area contributed by atoms with Crippen LogP contribution in [0.25, 0.3) is 0 Å². The zero-order valence-electron chi connectivity index (χ0n) is 21.0. The Hall–Kier alpha value is -1.99. The van der Waals surface area contributed by atoms with Crippen molar-refractivity contribution in [3.63, 3.8) is 0 Å². The number of ether oxygens (including phenoxy) is 2. The lowest BCUT2D eigenvalue weighted by atomic mass is 10.1. The van der Waals surface area contributed by atoms with Gasteiger partial charge in [0.15, 0.2) is 17.5 Å². The molecule has 1 atom stereocenters. The van der Waals surface area contributed by atoms with E-state index >= 15 is 0 Å². The average Bonchev–Trinajstić information content (AvgIpc) is 2.80. The Kier molecular flexibility index (Phi) is 12.3. The van der Waals surface area contributed by atoms with E-state index in [4.69, 9.17) is 14.5 Å². The average molecular weight is 448 g/mol. The summed E-state index contributed by atoms with van der Waals surface area (Å²) in [5.41, 5.74) is 1.15. The Labute approximate surface area is 195 Å². The number of likely N-dealkylation sites (N-methyl/N-ethyl adjacent to an activating group) is 1. The number of nitrogens with one attached hydrogen (secondary N) is 2. The van der Waals surface area contributed by atoms with Gasteiger partial charge in [-0.2, -0.15) is 0 Å². The van der Waals surface area contributed by atoms with Crippen LogP contribution in [0, 0.1) is 0 Å². The van der Waals surface area contributed by atoms with Gasteiger partial charge in [-0.15, -0.1) is 0 Å². The molecule has 32 heavy (non-hydrogen) atoms. The third kappa shape index (κ3) is 8.87. The predicted octanol–water partition coefficient (Wildman–Crippen LogP) is 3.52. The summed E-state index contributed by atoms with van der Waals surface area (Å²) in [5, 5.41) is 6.91. The van der Waals surface area contributed by atoms with E-state index < -0.39 is 0 Å². The Morgan fingerprint density at radius 1 is 0.969 bits per heavy atom. The predicted molar refractivity (Wildman–Crippen MR) is 134 cm³/mol. The van der Waals surface area contributed by atoms with Crippen LogP contribution in [0.1, 0.15) is 59.1 Å². The molecule has 1 fully saturated rings. The van der Waals surface area contributed by atoms with E-state index in [0.29, 0.717) is 13.2 Å². The Morgan fingerprint density at radius 2 is 1.66 bits per heavy atom. The molecule has 1 unspecified atom stereocenters. The third-order valence-corrected chi connectivity index (χ3v) is 5.83. The zero-order chi connectivity index (χ0) is 23.2. The number of rotatable bonds is 13. The van der Waals surface area contributed by atoms with Crippen LogP contribution < -0.4 is 20.1 Å². The molecule has 1 aliphatic heterocycles. The number of benzene rings is 1. The summed E-state index contributed by atoms with van der Waals surface area (Å²) in [5.74, 6) is 2.45. The van der Waals surface area contributed by atoms with Gasteiger partial charge in [0.1, 0.15) is 0 Å². The fourth-order valence-corrected chi connectivity index (χ4v) is 3.91. The Morgan fingerprint density at radius 3 is 2.31 bits per heavy atom. The molecule has 7 heteroatoms. The van der Waals surface area contributed by atoms with Crippen LogP contribution >= 0.6 is 0 Å². The van der Waals surface area contributed by atoms with E-state index in [0.717, 1.165) is 42.5 Å². The summed E-state index contributed by atoms with van der Waals surface area (Å²) in [6.45, 7) is 20.6. The highest BCUT2D eigenvalue weighted by Crippen LogP contribution is 2.30. The Bertz CT molecular complexity index is 674. The molecule has 0 bridgehead atoms. The Balaban J connectivity index is 1.83. The van der Waals surface area contributed by atoms with Crippen LogP contribution in [0.5, 0.6) is 11.5 Å². The second-order valence-electron chi connectivity index (χ2n) is 8.18. The molecule has 1 aromatic rings. The van der Waals surface area contributed by atoms with Gasteiger partial charge in [-0.3, -0.25) is 4.99 Å². The van der Waals surface area contributed by atoms with Crippen LogP contribution in [0.15, 0.2) is 23.2 Å². The first-order valence-electron chi connectivity index (χ1n) is 12.5. The van der Waals surface area contributed by atoms with Gasteiger partial charge in [-0.1, -0.05) is 13.0 Å².